The van der Waals surface area contributed by atoms with E-state index in [9.17, 15) is 0 Å². The summed E-state index contributed by atoms with van der Waals surface area (Å²) >= 11 is 0. The summed E-state index contributed by atoms with van der Waals surface area (Å²) in [6, 6.07) is 11.6. The van der Waals surface area contributed by atoms with E-state index >= 15 is 0 Å². The Morgan fingerprint density at radius 3 is 2.46 bits per heavy atom. The van der Waals surface area contributed by atoms with Crippen LogP contribution in [0.3, 0.4) is 0 Å². The smallest absolute Gasteiger partial charge is 0.00827 e. The highest BCUT2D eigenvalue weighted by molar-refractivity contribution is 5.80. The maximum atomic E-state index is 4.59. The first kappa shape index (κ1) is 25.5. The van der Waals surface area contributed by atoms with Crippen molar-refractivity contribution in [3.8, 4) is 11.1 Å². The Balaban J connectivity index is 1.62. The van der Waals surface area contributed by atoms with E-state index in [1.807, 2.05) is 0 Å². The Kier molecular flexibility index (Phi) is 7.14. The van der Waals surface area contributed by atoms with E-state index in [-0.39, 0.29) is 0 Å². The van der Waals surface area contributed by atoms with Crippen molar-refractivity contribution in [2.45, 2.75) is 74.1 Å². The molecule has 2 aromatic carbocycles. The second-order valence-electron chi connectivity index (χ2n) is 12.7. The number of aryl methyl sites for hydroxylation is 2. The number of hydrogen-bond donors (Lipinski definition) is 0. The Labute approximate surface area is 214 Å². The summed E-state index contributed by atoms with van der Waals surface area (Å²) in [5.41, 5.74) is 14.4. The Morgan fingerprint density at radius 2 is 1.77 bits per heavy atom. The zero-order chi connectivity index (χ0) is 25.5. The van der Waals surface area contributed by atoms with E-state index in [1.54, 1.807) is 0 Å². The molecule has 0 heteroatoms. The van der Waals surface area contributed by atoms with Crippen LogP contribution in [0.4, 0.5) is 0 Å². The molecule has 0 radical (unpaired) electrons. The van der Waals surface area contributed by atoms with Gasteiger partial charge in [-0.3, -0.25) is 0 Å². The van der Waals surface area contributed by atoms with E-state index in [1.165, 1.54) is 55.7 Å². The summed E-state index contributed by atoms with van der Waals surface area (Å²) in [5.74, 6) is 1.42. The lowest BCUT2D eigenvalue weighted by molar-refractivity contribution is 0.334. The molecule has 0 spiro atoms. The molecule has 2 aliphatic carbocycles. The van der Waals surface area contributed by atoms with Gasteiger partial charge in [0, 0.05) is 5.92 Å². The van der Waals surface area contributed by atoms with Crippen molar-refractivity contribution >= 4 is 6.08 Å². The van der Waals surface area contributed by atoms with Crippen LogP contribution in [-0.2, 0) is 12.8 Å². The molecular weight excluding hydrogens is 420 g/mol. The molecule has 0 aromatic heterocycles. The monoisotopic (exact) mass is 464 g/mol. The topological polar surface area (TPSA) is 0 Å². The van der Waals surface area contributed by atoms with Crippen LogP contribution in [0.5, 0.6) is 0 Å². The maximum Gasteiger partial charge on any atom is 0.00827 e. The standard InChI is InChI=1S/C35H44/c1-22(2)15-32-25(5)16-23(3)17-34(32)30-12-10-11-28-18-27(20-33(28)30)19-31-24(4)13-14-29(26(31)6)21-35(7,8)9/h10-14,16-18,22,29,31H,4,6,15,19-21H2,1-3,5,7-9H3. The van der Waals surface area contributed by atoms with Gasteiger partial charge in [-0.05, 0) is 95.7 Å². The molecule has 4 rings (SSSR count). The second-order valence-corrected chi connectivity index (χ2v) is 12.7. The van der Waals surface area contributed by atoms with E-state index in [0.29, 0.717) is 23.2 Å². The fourth-order valence-electron chi connectivity index (χ4n) is 6.09. The normalized spacial score (nSPS) is 19.9. The second kappa shape index (κ2) is 9.81. The lowest BCUT2D eigenvalue weighted by Crippen LogP contribution is -2.21. The van der Waals surface area contributed by atoms with Crippen LogP contribution in [-0.4, -0.2) is 0 Å². The highest BCUT2D eigenvalue weighted by Crippen LogP contribution is 2.44. The summed E-state index contributed by atoms with van der Waals surface area (Å²) in [4.78, 5) is 0. The summed E-state index contributed by atoms with van der Waals surface area (Å²) in [7, 11) is 0. The van der Waals surface area contributed by atoms with Gasteiger partial charge in [0.2, 0.25) is 0 Å². The van der Waals surface area contributed by atoms with Crippen molar-refractivity contribution in [3.05, 3.63) is 100 Å². The number of allylic oxidation sites excluding steroid dienone is 5. The Hall–Kier alpha value is -2.60. The molecule has 184 valence electrons. The van der Waals surface area contributed by atoms with E-state index in [4.69, 9.17) is 0 Å². The molecule has 0 amide bonds. The summed E-state index contributed by atoms with van der Waals surface area (Å²) in [6.45, 7) is 25.1. The van der Waals surface area contributed by atoms with Gasteiger partial charge in [-0.1, -0.05) is 113 Å². The third kappa shape index (κ3) is 5.64. The SMILES string of the molecule is C=C1C=CC(CC(C)(C)C)C(=C)C1CC1=Cc2cccc(-c3cc(C)cc(C)c3CC(C)C)c2C1. The lowest BCUT2D eigenvalue weighted by atomic mass is 9.71. The first-order valence-electron chi connectivity index (χ1n) is 13.4. The molecule has 0 saturated heterocycles. The minimum Gasteiger partial charge on any atom is -0.0986 e. The first-order chi connectivity index (χ1) is 16.4. The average molecular weight is 465 g/mol. The van der Waals surface area contributed by atoms with Crippen molar-refractivity contribution in [1.82, 2.24) is 0 Å². The Morgan fingerprint density at radius 1 is 1.03 bits per heavy atom. The summed E-state index contributed by atoms with van der Waals surface area (Å²) < 4.78 is 0. The molecule has 0 nitrogen and oxygen atoms in total. The quantitative estimate of drug-likeness (QED) is 0.373. The minimum absolute atomic E-state index is 0.290. The van der Waals surface area contributed by atoms with Crippen LogP contribution in [0.25, 0.3) is 17.2 Å². The lowest BCUT2D eigenvalue weighted by Gasteiger charge is -2.33. The van der Waals surface area contributed by atoms with Crippen LogP contribution in [0.2, 0.25) is 0 Å². The van der Waals surface area contributed by atoms with Gasteiger partial charge in [-0.25, -0.2) is 0 Å². The van der Waals surface area contributed by atoms with E-state index in [2.05, 4.69) is 110 Å². The summed E-state index contributed by atoms with van der Waals surface area (Å²) in [5, 5.41) is 0. The van der Waals surface area contributed by atoms with Crippen molar-refractivity contribution < 1.29 is 0 Å². The van der Waals surface area contributed by atoms with Gasteiger partial charge < -0.3 is 0 Å². The van der Waals surface area contributed by atoms with Gasteiger partial charge in [-0.15, -0.1) is 0 Å². The maximum absolute atomic E-state index is 4.59. The van der Waals surface area contributed by atoms with Gasteiger partial charge in [0.15, 0.2) is 0 Å². The molecule has 2 atom stereocenters. The zero-order valence-corrected chi connectivity index (χ0v) is 23.1. The fourth-order valence-corrected chi connectivity index (χ4v) is 6.09. The molecule has 2 aliphatic rings. The van der Waals surface area contributed by atoms with Gasteiger partial charge in [0.25, 0.3) is 0 Å². The molecule has 0 bridgehead atoms. The van der Waals surface area contributed by atoms with Crippen LogP contribution in [0.15, 0.2) is 72.4 Å². The number of benzene rings is 2. The highest BCUT2D eigenvalue weighted by atomic mass is 14.3. The van der Waals surface area contributed by atoms with Crippen molar-refractivity contribution in [2.75, 3.05) is 0 Å². The first-order valence-corrected chi connectivity index (χ1v) is 13.4. The number of hydrogen-bond acceptors (Lipinski definition) is 0. The highest BCUT2D eigenvalue weighted by Gasteiger charge is 2.30. The predicted octanol–water partition coefficient (Wildman–Crippen LogP) is 9.85. The van der Waals surface area contributed by atoms with Crippen LogP contribution >= 0.6 is 0 Å². The van der Waals surface area contributed by atoms with Gasteiger partial charge in [0.05, 0.1) is 0 Å². The molecule has 0 fully saturated rings. The van der Waals surface area contributed by atoms with Gasteiger partial charge in [0.1, 0.15) is 0 Å². The third-order valence-corrected chi connectivity index (χ3v) is 7.71. The van der Waals surface area contributed by atoms with E-state index in [0.717, 1.165) is 25.7 Å². The molecular formula is C35H44. The minimum atomic E-state index is 0.290. The number of rotatable bonds is 6. The van der Waals surface area contributed by atoms with Crippen LogP contribution in [0, 0.1) is 37.0 Å². The molecule has 0 saturated carbocycles. The molecule has 0 heterocycles. The average Bonchev–Trinajstić information content (AvgIpc) is 3.17. The van der Waals surface area contributed by atoms with Gasteiger partial charge in [-0.2, -0.15) is 0 Å². The van der Waals surface area contributed by atoms with Crippen molar-refractivity contribution in [1.29, 1.82) is 0 Å². The van der Waals surface area contributed by atoms with E-state index < -0.39 is 0 Å². The van der Waals surface area contributed by atoms with Crippen molar-refractivity contribution in [3.63, 3.8) is 0 Å². The molecule has 0 aliphatic heterocycles. The molecule has 2 aromatic rings. The third-order valence-electron chi connectivity index (χ3n) is 7.71. The van der Waals surface area contributed by atoms with Crippen LogP contribution in [0.1, 0.15) is 75.3 Å². The summed E-state index contributed by atoms with van der Waals surface area (Å²) in [6.07, 6.45) is 11.4. The molecule has 2 unspecified atom stereocenters. The van der Waals surface area contributed by atoms with Crippen molar-refractivity contribution in [2.24, 2.45) is 23.2 Å². The molecule has 35 heavy (non-hydrogen) atoms. The predicted molar refractivity (Wildman–Crippen MR) is 155 cm³/mol. The molecule has 0 N–H and O–H groups in total. The van der Waals surface area contributed by atoms with Crippen LogP contribution < -0.4 is 0 Å². The number of fused-ring (bicyclic) bond motifs is 1. The Bertz CT molecular complexity index is 1210. The largest absolute Gasteiger partial charge is 0.0986 e. The van der Waals surface area contributed by atoms with Gasteiger partial charge >= 0.3 is 0 Å². The fraction of sp³-hybridized carbons (Fsp3) is 0.429. The zero-order valence-electron chi connectivity index (χ0n) is 23.1.